The summed E-state index contributed by atoms with van der Waals surface area (Å²) < 4.78 is 7.80. The van der Waals surface area contributed by atoms with E-state index in [0.29, 0.717) is 17.2 Å². The number of nitriles is 2. The van der Waals surface area contributed by atoms with Crippen molar-refractivity contribution in [3.63, 3.8) is 0 Å². The normalized spacial score (nSPS) is 12.9. The third kappa shape index (κ3) is 5.62. The molecule has 0 saturated heterocycles. The average molecular weight is 691 g/mol. The monoisotopic (exact) mass is 691 g/mol. The van der Waals surface area contributed by atoms with Crippen LogP contribution in [-0.2, 0) is 24.2 Å². The number of carbonyl (C=O) groups is 1. The zero-order chi connectivity index (χ0) is 24.1. The number of hydrogen-bond donors (Lipinski definition) is 1. The van der Waals surface area contributed by atoms with E-state index in [4.69, 9.17) is 4.74 Å². The van der Waals surface area contributed by atoms with E-state index in [-0.39, 0.29) is 5.57 Å². The van der Waals surface area contributed by atoms with E-state index in [9.17, 15) is 15.3 Å². The number of halogens is 2. The molecule has 1 aliphatic carbocycles. The number of amides is 1. The van der Waals surface area contributed by atoms with E-state index in [1.54, 1.807) is 6.08 Å². The zero-order valence-corrected chi connectivity index (χ0v) is 23.2. The van der Waals surface area contributed by atoms with Gasteiger partial charge in [-0.2, -0.15) is 10.5 Å². The van der Waals surface area contributed by atoms with Crippen LogP contribution in [0, 0.1) is 29.8 Å². The Labute approximate surface area is 229 Å². The van der Waals surface area contributed by atoms with E-state index >= 15 is 0 Å². The number of nitrogens with one attached hydrogen (secondary N) is 1. The lowest BCUT2D eigenvalue weighted by atomic mass is 9.96. The fourth-order valence-corrected chi connectivity index (χ4v) is 7.15. The van der Waals surface area contributed by atoms with Crippen LogP contribution in [0.25, 0.3) is 6.08 Å². The van der Waals surface area contributed by atoms with Crippen molar-refractivity contribution in [3.8, 4) is 17.9 Å². The summed E-state index contributed by atoms with van der Waals surface area (Å²) in [4.78, 5) is 14.1. The molecule has 0 bridgehead atoms. The van der Waals surface area contributed by atoms with Gasteiger partial charge in [-0.3, -0.25) is 4.79 Å². The Morgan fingerprint density at radius 3 is 2.50 bits per heavy atom. The van der Waals surface area contributed by atoms with Crippen molar-refractivity contribution in [2.75, 3.05) is 5.32 Å². The van der Waals surface area contributed by atoms with Gasteiger partial charge in [0.05, 0.1) is 12.7 Å². The number of carbonyl (C=O) groups excluding carboxylic acids is 1. The first-order valence-corrected chi connectivity index (χ1v) is 13.6. The van der Waals surface area contributed by atoms with Crippen LogP contribution in [0.4, 0.5) is 5.00 Å². The van der Waals surface area contributed by atoms with Gasteiger partial charge >= 0.3 is 0 Å². The molecule has 34 heavy (non-hydrogen) atoms. The lowest BCUT2D eigenvalue weighted by molar-refractivity contribution is -0.112. The van der Waals surface area contributed by atoms with E-state index in [1.165, 1.54) is 11.3 Å². The molecule has 3 aromatic rings. The van der Waals surface area contributed by atoms with Gasteiger partial charge in [0.1, 0.15) is 35.1 Å². The van der Waals surface area contributed by atoms with Crippen LogP contribution in [0.15, 0.2) is 48.0 Å². The Bertz CT molecular complexity index is 1330. The standard InChI is InChI=1S/C26H19I2N3O2S/c27-21-11-17(12-22(28)24(21)33-15-16-6-2-1-3-7-16)10-18(13-29)25(32)31-26-20(14-30)19-8-4-5-9-23(19)34-26/h1-3,6-7,10-12H,4-5,8-9,15H2,(H,31,32)/b18-10+. The molecule has 5 nitrogen and oxygen atoms in total. The highest BCUT2D eigenvalue weighted by molar-refractivity contribution is 14.1. The van der Waals surface area contributed by atoms with E-state index in [2.05, 4.69) is 56.6 Å². The van der Waals surface area contributed by atoms with Gasteiger partial charge in [-0.25, -0.2) is 0 Å². The Morgan fingerprint density at radius 2 is 1.82 bits per heavy atom. The van der Waals surface area contributed by atoms with Crippen molar-refractivity contribution in [2.45, 2.75) is 32.3 Å². The molecular formula is C26H19I2N3O2S. The number of nitrogens with zero attached hydrogens (tertiary/aromatic N) is 2. The van der Waals surface area contributed by atoms with Crippen molar-refractivity contribution in [1.29, 1.82) is 10.5 Å². The third-order valence-corrected chi connectivity index (χ3v) is 8.24. The minimum absolute atomic E-state index is 0.0141. The molecule has 170 valence electrons. The highest BCUT2D eigenvalue weighted by Crippen LogP contribution is 2.38. The first kappa shape index (κ1) is 24.7. The molecule has 1 N–H and O–H groups in total. The predicted octanol–water partition coefficient (Wildman–Crippen LogP) is 6.83. The third-order valence-electron chi connectivity index (χ3n) is 5.43. The van der Waals surface area contributed by atoms with Gasteiger partial charge in [0.15, 0.2) is 0 Å². The summed E-state index contributed by atoms with van der Waals surface area (Å²) in [6.07, 6.45) is 5.51. The van der Waals surface area contributed by atoms with Crippen LogP contribution in [0.3, 0.4) is 0 Å². The number of fused-ring (bicyclic) bond motifs is 1. The second kappa shape index (κ2) is 11.3. The molecule has 0 spiro atoms. The first-order chi connectivity index (χ1) is 16.5. The molecule has 4 rings (SSSR count). The molecule has 0 atom stereocenters. The van der Waals surface area contributed by atoms with E-state index in [1.807, 2.05) is 48.5 Å². The van der Waals surface area contributed by atoms with Crippen LogP contribution < -0.4 is 10.1 Å². The summed E-state index contributed by atoms with van der Waals surface area (Å²) in [5, 5.41) is 22.6. The number of hydrogen-bond acceptors (Lipinski definition) is 5. The SMILES string of the molecule is N#C/C(=C\c1cc(I)c(OCc2ccccc2)c(I)c1)C(=O)Nc1sc2c(c1C#N)CCCC2. The summed E-state index contributed by atoms with van der Waals surface area (Å²) >= 11 is 5.85. The zero-order valence-electron chi connectivity index (χ0n) is 18.0. The fraction of sp³-hybridized carbons (Fsp3) is 0.192. The van der Waals surface area contributed by atoms with Crippen molar-refractivity contribution in [1.82, 2.24) is 0 Å². The molecule has 2 aromatic carbocycles. The van der Waals surface area contributed by atoms with Crippen LogP contribution in [0.5, 0.6) is 5.75 Å². The molecule has 8 heteroatoms. The summed E-state index contributed by atoms with van der Waals surface area (Å²) in [6, 6.07) is 18.0. The number of aryl methyl sites for hydroxylation is 1. The number of benzene rings is 2. The van der Waals surface area contributed by atoms with Crippen molar-refractivity contribution >= 4 is 73.5 Å². The van der Waals surface area contributed by atoms with Gasteiger partial charge in [-0.05, 0) is 106 Å². The second-order valence-corrected chi connectivity index (χ2v) is 11.2. The van der Waals surface area contributed by atoms with Crippen LogP contribution in [0.1, 0.15) is 40.0 Å². The molecule has 0 aliphatic heterocycles. The number of rotatable bonds is 6. The Hall–Kier alpha value is -2.41. The van der Waals surface area contributed by atoms with Gasteiger partial charge in [0.2, 0.25) is 0 Å². The van der Waals surface area contributed by atoms with Crippen LogP contribution in [0.2, 0.25) is 0 Å². The highest BCUT2D eigenvalue weighted by atomic mass is 127. The fourth-order valence-electron chi connectivity index (χ4n) is 3.79. The van der Waals surface area contributed by atoms with E-state index < -0.39 is 5.91 Å². The molecule has 0 saturated carbocycles. The lowest BCUT2D eigenvalue weighted by Crippen LogP contribution is -2.13. The van der Waals surface area contributed by atoms with Crippen molar-refractivity contribution < 1.29 is 9.53 Å². The highest BCUT2D eigenvalue weighted by Gasteiger charge is 2.23. The van der Waals surface area contributed by atoms with Crippen molar-refractivity contribution in [2.24, 2.45) is 0 Å². The topological polar surface area (TPSA) is 85.9 Å². The molecule has 1 aromatic heterocycles. The van der Waals surface area contributed by atoms with Crippen LogP contribution >= 0.6 is 56.5 Å². The molecule has 1 aliphatic rings. The summed E-state index contributed by atoms with van der Waals surface area (Å²) in [5.74, 6) is 0.264. The van der Waals surface area contributed by atoms with Gasteiger partial charge in [-0.15, -0.1) is 11.3 Å². The number of thiophene rings is 1. The van der Waals surface area contributed by atoms with E-state index in [0.717, 1.165) is 60.1 Å². The molecule has 1 amide bonds. The smallest absolute Gasteiger partial charge is 0.266 e. The predicted molar refractivity (Wildman–Crippen MR) is 151 cm³/mol. The van der Waals surface area contributed by atoms with Gasteiger partial charge in [0, 0.05) is 4.88 Å². The molecular weight excluding hydrogens is 672 g/mol. The van der Waals surface area contributed by atoms with Gasteiger partial charge < -0.3 is 10.1 Å². The Morgan fingerprint density at radius 1 is 1.12 bits per heavy atom. The van der Waals surface area contributed by atoms with Gasteiger partial charge in [0.25, 0.3) is 5.91 Å². The van der Waals surface area contributed by atoms with Crippen molar-refractivity contribution in [3.05, 3.63) is 82.3 Å². The molecule has 0 fully saturated rings. The number of ether oxygens (including phenoxy) is 1. The molecule has 0 radical (unpaired) electrons. The second-order valence-electron chi connectivity index (χ2n) is 7.74. The summed E-state index contributed by atoms with van der Waals surface area (Å²) in [7, 11) is 0. The quantitative estimate of drug-likeness (QED) is 0.175. The average Bonchev–Trinajstić information content (AvgIpc) is 3.19. The lowest BCUT2D eigenvalue weighted by Gasteiger charge is -2.12. The summed E-state index contributed by atoms with van der Waals surface area (Å²) in [6.45, 7) is 0.458. The maximum absolute atomic E-state index is 12.9. The Balaban J connectivity index is 1.53. The number of anilines is 1. The Kier molecular flexibility index (Phi) is 8.24. The van der Waals surface area contributed by atoms with Crippen LogP contribution in [-0.4, -0.2) is 5.91 Å². The molecule has 0 unspecified atom stereocenters. The maximum atomic E-state index is 12.9. The minimum Gasteiger partial charge on any atom is -0.487 e. The largest absolute Gasteiger partial charge is 0.487 e. The minimum atomic E-state index is -0.507. The van der Waals surface area contributed by atoms with Gasteiger partial charge in [-0.1, -0.05) is 30.3 Å². The summed E-state index contributed by atoms with van der Waals surface area (Å²) in [5.41, 5.74) is 3.38. The molecule has 1 heterocycles. The maximum Gasteiger partial charge on any atom is 0.266 e. The first-order valence-electron chi connectivity index (χ1n) is 10.6.